The minimum atomic E-state index is 0.163. The van der Waals surface area contributed by atoms with E-state index in [-0.39, 0.29) is 6.10 Å². The first-order valence-corrected chi connectivity index (χ1v) is 8.52. The van der Waals surface area contributed by atoms with Gasteiger partial charge in [-0.1, -0.05) is 36.4 Å². The van der Waals surface area contributed by atoms with Crippen molar-refractivity contribution in [3.8, 4) is 17.2 Å². The normalized spacial score (nSPS) is 10.5. The van der Waals surface area contributed by atoms with E-state index in [0.717, 1.165) is 28.5 Å². The van der Waals surface area contributed by atoms with Crippen LogP contribution in [0.2, 0.25) is 0 Å². The molecule has 0 atom stereocenters. The predicted molar refractivity (Wildman–Crippen MR) is 102 cm³/mol. The van der Waals surface area contributed by atoms with Gasteiger partial charge in [0, 0.05) is 17.8 Å². The average molecular weight is 333 g/mol. The van der Waals surface area contributed by atoms with Gasteiger partial charge in [-0.2, -0.15) is 0 Å². The van der Waals surface area contributed by atoms with E-state index in [1.54, 1.807) is 0 Å². The molecule has 0 saturated heterocycles. The first-order chi connectivity index (χ1) is 12.2. The molecule has 0 radical (unpaired) electrons. The van der Waals surface area contributed by atoms with E-state index in [1.807, 2.05) is 86.6 Å². The number of hydrogen-bond donors (Lipinski definition) is 1. The van der Waals surface area contributed by atoms with Crippen LogP contribution in [0.3, 0.4) is 0 Å². The van der Waals surface area contributed by atoms with Crippen molar-refractivity contribution < 1.29 is 9.47 Å². The second kappa shape index (κ2) is 8.25. The number of para-hydroxylation sites is 2. The van der Waals surface area contributed by atoms with E-state index < -0.39 is 0 Å². The molecule has 0 bridgehead atoms. The number of benzene rings is 3. The largest absolute Gasteiger partial charge is 0.491 e. The number of ether oxygens (including phenoxy) is 2. The van der Waals surface area contributed by atoms with Gasteiger partial charge in [0.1, 0.15) is 17.2 Å². The average Bonchev–Trinajstić information content (AvgIpc) is 2.63. The van der Waals surface area contributed by atoms with Crippen molar-refractivity contribution in [1.29, 1.82) is 0 Å². The molecule has 0 aliphatic heterocycles. The van der Waals surface area contributed by atoms with Gasteiger partial charge in [0.25, 0.3) is 0 Å². The fourth-order valence-electron chi connectivity index (χ4n) is 2.48. The maximum atomic E-state index is 5.86. The lowest BCUT2D eigenvalue weighted by atomic mass is 10.2. The van der Waals surface area contributed by atoms with Gasteiger partial charge in [-0.05, 0) is 56.3 Å². The molecule has 0 saturated carbocycles. The van der Waals surface area contributed by atoms with Crippen molar-refractivity contribution in [2.24, 2.45) is 0 Å². The summed E-state index contributed by atoms with van der Waals surface area (Å²) in [5.41, 5.74) is 2.18. The zero-order valence-electron chi connectivity index (χ0n) is 14.6. The minimum absolute atomic E-state index is 0.163. The summed E-state index contributed by atoms with van der Waals surface area (Å²) in [7, 11) is 0. The van der Waals surface area contributed by atoms with Crippen molar-refractivity contribution >= 4 is 5.69 Å². The van der Waals surface area contributed by atoms with Crippen LogP contribution in [0.1, 0.15) is 19.4 Å². The van der Waals surface area contributed by atoms with Crippen LogP contribution in [-0.2, 0) is 6.54 Å². The van der Waals surface area contributed by atoms with Crippen LogP contribution in [-0.4, -0.2) is 6.10 Å². The van der Waals surface area contributed by atoms with Crippen LogP contribution in [0.5, 0.6) is 17.2 Å². The van der Waals surface area contributed by atoms with E-state index in [4.69, 9.17) is 9.47 Å². The molecule has 1 N–H and O–H groups in total. The molecule has 25 heavy (non-hydrogen) atoms. The Kier molecular flexibility index (Phi) is 5.57. The van der Waals surface area contributed by atoms with Gasteiger partial charge in [-0.3, -0.25) is 0 Å². The molecular weight excluding hydrogens is 310 g/mol. The predicted octanol–water partition coefficient (Wildman–Crippen LogP) is 5.88. The Morgan fingerprint density at radius 2 is 1.40 bits per heavy atom. The third-order valence-electron chi connectivity index (χ3n) is 3.65. The van der Waals surface area contributed by atoms with E-state index in [2.05, 4.69) is 11.4 Å². The molecule has 3 aromatic carbocycles. The molecule has 0 aromatic heterocycles. The fourth-order valence-corrected chi connectivity index (χ4v) is 2.48. The third-order valence-corrected chi connectivity index (χ3v) is 3.65. The summed E-state index contributed by atoms with van der Waals surface area (Å²) in [6.45, 7) is 4.78. The van der Waals surface area contributed by atoms with Gasteiger partial charge in [0.15, 0.2) is 0 Å². The zero-order valence-corrected chi connectivity index (χ0v) is 14.6. The highest BCUT2D eigenvalue weighted by Gasteiger charge is 2.05. The Hall–Kier alpha value is -2.94. The Balaban J connectivity index is 1.61. The Labute approximate surface area is 149 Å². The van der Waals surface area contributed by atoms with Crippen LogP contribution < -0.4 is 14.8 Å². The van der Waals surface area contributed by atoms with Crippen LogP contribution in [0, 0.1) is 0 Å². The standard InChI is InChI=1S/C22H23NO2/c1-17(2)24-22-11-7-6-8-18(22)16-23-19-12-14-21(15-13-19)25-20-9-4-3-5-10-20/h3-15,17,23H,16H2,1-2H3. The molecule has 0 amide bonds. The molecule has 0 unspecified atom stereocenters. The van der Waals surface area contributed by atoms with E-state index in [0.29, 0.717) is 6.54 Å². The molecule has 0 spiro atoms. The molecule has 0 fully saturated rings. The fraction of sp³-hybridized carbons (Fsp3) is 0.182. The maximum absolute atomic E-state index is 5.86. The van der Waals surface area contributed by atoms with Gasteiger partial charge >= 0.3 is 0 Å². The van der Waals surface area contributed by atoms with E-state index in [1.165, 1.54) is 0 Å². The molecule has 3 nitrogen and oxygen atoms in total. The zero-order chi connectivity index (χ0) is 17.5. The molecule has 128 valence electrons. The Bertz CT molecular complexity index is 783. The smallest absolute Gasteiger partial charge is 0.127 e. The van der Waals surface area contributed by atoms with Gasteiger partial charge in [0.2, 0.25) is 0 Å². The molecule has 3 aromatic rings. The second-order valence-electron chi connectivity index (χ2n) is 6.07. The van der Waals surface area contributed by atoms with E-state index >= 15 is 0 Å². The number of anilines is 1. The summed E-state index contributed by atoms with van der Waals surface area (Å²) in [4.78, 5) is 0. The molecule has 0 aliphatic rings. The summed E-state index contributed by atoms with van der Waals surface area (Å²) in [6, 6.07) is 25.9. The van der Waals surface area contributed by atoms with Crippen molar-refractivity contribution in [2.45, 2.75) is 26.5 Å². The minimum Gasteiger partial charge on any atom is -0.491 e. The highest BCUT2D eigenvalue weighted by molar-refractivity contribution is 5.48. The summed E-state index contributed by atoms with van der Waals surface area (Å²) in [6.07, 6.45) is 0.163. The van der Waals surface area contributed by atoms with Gasteiger partial charge in [-0.15, -0.1) is 0 Å². The summed E-state index contributed by atoms with van der Waals surface area (Å²) in [5.74, 6) is 2.58. The highest BCUT2D eigenvalue weighted by atomic mass is 16.5. The third kappa shape index (κ3) is 5.01. The van der Waals surface area contributed by atoms with Crippen LogP contribution >= 0.6 is 0 Å². The molecule has 3 rings (SSSR count). The summed E-state index contributed by atoms with van der Waals surface area (Å²) < 4.78 is 11.7. The van der Waals surface area contributed by atoms with Gasteiger partial charge < -0.3 is 14.8 Å². The van der Waals surface area contributed by atoms with Gasteiger partial charge in [-0.25, -0.2) is 0 Å². The molecule has 0 aliphatic carbocycles. The van der Waals surface area contributed by atoms with Crippen molar-refractivity contribution in [3.05, 3.63) is 84.4 Å². The van der Waals surface area contributed by atoms with Crippen molar-refractivity contribution in [3.63, 3.8) is 0 Å². The molecular formula is C22H23NO2. The number of hydrogen-bond acceptors (Lipinski definition) is 3. The maximum Gasteiger partial charge on any atom is 0.127 e. The molecule has 3 heteroatoms. The molecule has 0 heterocycles. The van der Waals surface area contributed by atoms with E-state index in [9.17, 15) is 0 Å². The first kappa shape index (κ1) is 16.9. The van der Waals surface area contributed by atoms with Gasteiger partial charge in [0.05, 0.1) is 6.10 Å². The lowest BCUT2D eigenvalue weighted by Gasteiger charge is -2.15. The topological polar surface area (TPSA) is 30.5 Å². The van der Waals surface area contributed by atoms with Crippen molar-refractivity contribution in [2.75, 3.05) is 5.32 Å². The Morgan fingerprint density at radius 1 is 0.760 bits per heavy atom. The first-order valence-electron chi connectivity index (χ1n) is 8.52. The lowest BCUT2D eigenvalue weighted by Crippen LogP contribution is -2.09. The van der Waals surface area contributed by atoms with Crippen LogP contribution in [0.15, 0.2) is 78.9 Å². The number of nitrogens with one attached hydrogen (secondary N) is 1. The number of rotatable bonds is 7. The van der Waals surface area contributed by atoms with Crippen LogP contribution in [0.4, 0.5) is 5.69 Å². The quantitative estimate of drug-likeness (QED) is 0.586. The van der Waals surface area contributed by atoms with Crippen LogP contribution in [0.25, 0.3) is 0 Å². The monoisotopic (exact) mass is 333 g/mol. The summed E-state index contributed by atoms with van der Waals surface area (Å²) >= 11 is 0. The SMILES string of the molecule is CC(C)Oc1ccccc1CNc1ccc(Oc2ccccc2)cc1. The summed E-state index contributed by atoms with van der Waals surface area (Å²) in [5, 5.41) is 3.43. The Morgan fingerprint density at radius 3 is 2.12 bits per heavy atom. The second-order valence-corrected chi connectivity index (χ2v) is 6.07. The highest BCUT2D eigenvalue weighted by Crippen LogP contribution is 2.24. The van der Waals surface area contributed by atoms with Crippen molar-refractivity contribution in [1.82, 2.24) is 0 Å². The lowest BCUT2D eigenvalue weighted by molar-refractivity contribution is 0.240.